The smallest absolute Gasteiger partial charge is 0.372 e. The van der Waals surface area contributed by atoms with E-state index in [1.807, 2.05) is 0 Å². The normalized spacial score (nSPS) is 11.1. The second-order valence-corrected chi connectivity index (χ2v) is 1.71. The van der Waals surface area contributed by atoms with Gasteiger partial charge in [-0.3, -0.25) is 0 Å². The van der Waals surface area contributed by atoms with E-state index in [4.69, 9.17) is 0 Å². The summed E-state index contributed by atoms with van der Waals surface area (Å²) in [5.41, 5.74) is 0. The van der Waals surface area contributed by atoms with E-state index in [2.05, 4.69) is 6.58 Å². The van der Waals surface area contributed by atoms with Crippen LogP contribution in [-0.4, -0.2) is 24.7 Å². The first kappa shape index (κ1) is 8.33. The Morgan fingerprint density at radius 2 is 2.00 bits per heavy atom. The van der Waals surface area contributed by atoms with Crippen LogP contribution in [0.5, 0.6) is 0 Å². The van der Waals surface area contributed by atoms with Crippen LogP contribution in [0, 0.1) is 0 Å². The van der Waals surface area contributed by atoms with Gasteiger partial charge in [0.25, 0.3) is 0 Å². The molecule has 0 bridgehead atoms. The molecule has 0 aliphatic carbocycles. The highest BCUT2D eigenvalue weighted by Crippen LogP contribution is 2.14. The molecule has 0 rings (SSSR count). The summed E-state index contributed by atoms with van der Waals surface area (Å²) in [6, 6.07) is 0. The first-order chi connectivity index (χ1) is 3.95. The molecular weight excluding hydrogens is 131 g/mol. The summed E-state index contributed by atoms with van der Waals surface area (Å²) in [4.78, 5) is 0.972. The van der Waals surface area contributed by atoms with E-state index in [-0.39, 0.29) is 0 Å². The van der Waals surface area contributed by atoms with Crippen LogP contribution < -0.4 is 0 Å². The Morgan fingerprint density at radius 1 is 1.56 bits per heavy atom. The van der Waals surface area contributed by atoms with Gasteiger partial charge >= 0.3 is 6.18 Å². The highest BCUT2D eigenvalue weighted by molar-refractivity contribution is 4.69. The van der Waals surface area contributed by atoms with Gasteiger partial charge in [-0.1, -0.05) is 6.58 Å². The molecular formula is C5H8F3N. The molecule has 54 valence electrons. The fourth-order valence-electron chi connectivity index (χ4n) is 0.347. The van der Waals surface area contributed by atoms with Gasteiger partial charge in [-0.15, -0.1) is 0 Å². The van der Waals surface area contributed by atoms with Gasteiger partial charge in [0.2, 0.25) is 0 Å². The predicted octanol–water partition coefficient (Wildman–Crippen LogP) is 1.62. The molecule has 4 heteroatoms. The fourth-order valence-corrected chi connectivity index (χ4v) is 0.347. The van der Waals surface area contributed by atoms with Crippen molar-refractivity contribution in [2.75, 3.05) is 13.6 Å². The van der Waals surface area contributed by atoms with Gasteiger partial charge in [0, 0.05) is 7.05 Å². The zero-order valence-electron chi connectivity index (χ0n) is 5.07. The van der Waals surface area contributed by atoms with Crippen molar-refractivity contribution in [2.24, 2.45) is 0 Å². The van der Waals surface area contributed by atoms with Crippen molar-refractivity contribution in [2.45, 2.75) is 6.18 Å². The summed E-state index contributed by atoms with van der Waals surface area (Å²) >= 11 is 0. The highest BCUT2D eigenvalue weighted by atomic mass is 19.4. The number of hydrogen-bond acceptors (Lipinski definition) is 1. The van der Waals surface area contributed by atoms with Gasteiger partial charge in [0.1, 0.15) is 6.54 Å². The van der Waals surface area contributed by atoms with Crippen LogP contribution in [0.1, 0.15) is 0 Å². The third-order valence-electron chi connectivity index (χ3n) is 0.740. The van der Waals surface area contributed by atoms with Crippen LogP contribution in [0.15, 0.2) is 12.8 Å². The summed E-state index contributed by atoms with van der Waals surface area (Å²) in [7, 11) is 1.32. The van der Waals surface area contributed by atoms with Crippen LogP contribution in [0.2, 0.25) is 0 Å². The average molecular weight is 139 g/mol. The molecule has 9 heavy (non-hydrogen) atoms. The summed E-state index contributed by atoms with van der Waals surface area (Å²) in [5, 5.41) is 0. The van der Waals surface area contributed by atoms with Crippen molar-refractivity contribution in [1.29, 1.82) is 0 Å². The summed E-state index contributed by atoms with van der Waals surface area (Å²) in [5.74, 6) is 0. The minimum Gasteiger partial charge on any atom is -0.372 e. The summed E-state index contributed by atoms with van der Waals surface area (Å²) in [6.07, 6.45) is -2.99. The number of rotatable bonds is 2. The Hall–Kier alpha value is -0.670. The van der Waals surface area contributed by atoms with Crippen LogP contribution in [0.3, 0.4) is 0 Å². The molecule has 0 atom stereocenters. The van der Waals surface area contributed by atoms with Gasteiger partial charge in [-0.2, -0.15) is 13.2 Å². The average Bonchev–Trinajstić information content (AvgIpc) is 1.62. The third kappa shape index (κ3) is 5.20. The number of halogens is 3. The number of alkyl halides is 3. The molecule has 1 nitrogen and oxygen atoms in total. The van der Waals surface area contributed by atoms with Crippen LogP contribution in [0.25, 0.3) is 0 Å². The first-order valence-corrected chi connectivity index (χ1v) is 2.35. The predicted molar refractivity (Wildman–Crippen MR) is 28.9 cm³/mol. The Bertz CT molecular complexity index is 96.9. The van der Waals surface area contributed by atoms with Crippen LogP contribution in [0.4, 0.5) is 13.2 Å². The molecule has 0 aromatic rings. The number of nitrogens with zero attached hydrogens (tertiary/aromatic N) is 1. The Labute approximate surface area is 51.8 Å². The van der Waals surface area contributed by atoms with Gasteiger partial charge in [-0.25, -0.2) is 0 Å². The van der Waals surface area contributed by atoms with Crippen molar-refractivity contribution in [3.8, 4) is 0 Å². The first-order valence-electron chi connectivity index (χ1n) is 2.35. The standard InChI is InChI=1S/C5H8F3N/c1-3-9(2)4-5(6,7)8/h3H,1,4H2,2H3. The van der Waals surface area contributed by atoms with E-state index < -0.39 is 12.7 Å². The molecule has 0 aliphatic heterocycles. The monoisotopic (exact) mass is 139 g/mol. The molecule has 0 aliphatic rings. The molecule has 0 aromatic heterocycles. The SMILES string of the molecule is C=CN(C)CC(F)(F)F. The molecule has 0 saturated carbocycles. The van der Waals surface area contributed by atoms with Crippen molar-refractivity contribution in [3.63, 3.8) is 0 Å². The Morgan fingerprint density at radius 3 is 2.11 bits per heavy atom. The van der Waals surface area contributed by atoms with E-state index in [1.165, 1.54) is 7.05 Å². The van der Waals surface area contributed by atoms with Gasteiger partial charge in [-0.05, 0) is 6.20 Å². The minimum atomic E-state index is -4.12. The molecule has 0 fully saturated rings. The topological polar surface area (TPSA) is 3.24 Å². The Balaban J connectivity index is 3.59. The maximum Gasteiger partial charge on any atom is 0.405 e. The zero-order chi connectivity index (χ0) is 7.49. The van der Waals surface area contributed by atoms with Gasteiger partial charge in [0.05, 0.1) is 0 Å². The van der Waals surface area contributed by atoms with E-state index >= 15 is 0 Å². The van der Waals surface area contributed by atoms with E-state index in [0.717, 1.165) is 11.1 Å². The number of hydrogen-bond donors (Lipinski definition) is 0. The maximum atomic E-state index is 11.4. The highest BCUT2D eigenvalue weighted by Gasteiger charge is 2.27. The van der Waals surface area contributed by atoms with Crippen molar-refractivity contribution >= 4 is 0 Å². The van der Waals surface area contributed by atoms with Crippen LogP contribution in [-0.2, 0) is 0 Å². The van der Waals surface area contributed by atoms with E-state index in [0.29, 0.717) is 0 Å². The lowest BCUT2D eigenvalue weighted by Crippen LogP contribution is -2.26. The van der Waals surface area contributed by atoms with Gasteiger partial charge < -0.3 is 4.90 Å². The lowest BCUT2D eigenvalue weighted by molar-refractivity contribution is -0.137. The molecule has 0 heterocycles. The van der Waals surface area contributed by atoms with Gasteiger partial charge in [0.15, 0.2) is 0 Å². The molecule has 0 saturated heterocycles. The molecule has 0 N–H and O–H groups in total. The molecule has 0 amide bonds. The third-order valence-corrected chi connectivity index (χ3v) is 0.740. The molecule has 0 aromatic carbocycles. The maximum absolute atomic E-state index is 11.4. The largest absolute Gasteiger partial charge is 0.405 e. The van der Waals surface area contributed by atoms with Crippen molar-refractivity contribution in [3.05, 3.63) is 12.8 Å². The fraction of sp³-hybridized carbons (Fsp3) is 0.600. The minimum absolute atomic E-state index is 0.934. The zero-order valence-corrected chi connectivity index (χ0v) is 5.07. The summed E-state index contributed by atoms with van der Waals surface area (Å²) in [6.45, 7) is 2.24. The second-order valence-electron chi connectivity index (χ2n) is 1.71. The quantitative estimate of drug-likeness (QED) is 0.562. The second kappa shape index (κ2) is 2.75. The Kier molecular flexibility index (Phi) is 2.55. The lowest BCUT2D eigenvalue weighted by Gasteiger charge is -2.14. The summed E-state index contributed by atoms with van der Waals surface area (Å²) < 4.78 is 34.2. The van der Waals surface area contributed by atoms with Crippen LogP contribution >= 0.6 is 0 Å². The molecule has 0 spiro atoms. The molecule has 0 radical (unpaired) electrons. The lowest BCUT2D eigenvalue weighted by atomic mass is 10.6. The van der Waals surface area contributed by atoms with E-state index in [9.17, 15) is 13.2 Å². The molecule has 0 unspecified atom stereocenters. The van der Waals surface area contributed by atoms with Crippen molar-refractivity contribution < 1.29 is 13.2 Å². The van der Waals surface area contributed by atoms with E-state index in [1.54, 1.807) is 0 Å². The van der Waals surface area contributed by atoms with Crippen molar-refractivity contribution in [1.82, 2.24) is 4.90 Å².